The van der Waals surface area contributed by atoms with Crippen molar-refractivity contribution in [2.75, 3.05) is 18.5 Å². The summed E-state index contributed by atoms with van der Waals surface area (Å²) < 4.78 is 19.3. The molecule has 0 radical (unpaired) electrons. The van der Waals surface area contributed by atoms with Crippen molar-refractivity contribution >= 4 is 34.6 Å². The van der Waals surface area contributed by atoms with Crippen LogP contribution in [0, 0.1) is 0 Å². The summed E-state index contributed by atoms with van der Waals surface area (Å²) in [5.74, 6) is -0.181. The predicted octanol–water partition coefficient (Wildman–Crippen LogP) is 3.42. The van der Waals surface area contributed by atoms with E-state index in [1.54, 1.807) is 10.9 Å². The molecule has 0 spiro atoms. The fourth-order valence-corrected chi connectivity index (χ4v) is 3.03. The lowest BCUT2D eigenvalue weighted by molar-refractivity contribution is -0.114. The van der Waals surface area contributed by atoms with Crippen LogP contribution < -0.4 is 5.32 Å². The molecule has 1 atom stereocenters. The maximum atomic E-state index is 11.2. The second-order valence-corrected chi connectivity index (χ2v) is 7.56. The van der Waals surface area contributed by atoms with Crippen LogP contribution in [0.3, 0.4) is 0 Å². The number of hydrogen-bond acceptors (Lipinski definition) is 7. The SMILES string of the molecule is CC(=O)Nc1nc(Cl)c2c(ncn2COCC(COC(C)C)OCc2ccccc2)n1. The molecule has 0 aliphatic rings. The van der Waals surface area contributed by atoms with E-state index >= 15 is 0 Å². The molecule has 10 heteroatoms. The molecular weight excluding hydrogens is 422 g/mol. The van der Waals surface area contributed by atoms with Gasteiger partial charge in [0.15, 0.2) is 10.8 Å². The Balaban J connectivity index is 1.61. The second kappa shape index (κ2) is 11.1. The molecule has 0 saturated carbocycles. The van der Waals surface area contributed by atoms with Gasteiger partial charge in [0, 0.05) is 6.92 Å². The topological polar surface area (TPSA) is 100 Å². The number of ether oxygens (including phenoxy) is 3. The monoisotopic (exact) mass is 447 g/mol. The number of carbonyl (C=O) groups is 1. The summed E-state index contributed by atoms with van der Waals surface area (Å²) in [6.07, 6.45) is 1.41. The van der Waals surface area contributed by atoms with Gasteiger partial charge in [-0.1, -0.05) is 41.9 Å². The van der Waals surface area contributed by atoms with Crippen molar-refractivity contribution in [3.05, 3.63) is 47.4 Å². The number of nitrogens with zero attached hydrogens (tertiary/aromatic N) is 4. The maximum Gasteiger partial charge on any atom is 0.233 e. The van der Waals surface area contributed by atoms with E-state index in [1.165, 1.54) is 6.92 Å². The minimum Gasteiger partial charge on any atom is -0.376 e. The molecule has 0 aliphatic carbocycles. The van der Waals surface area contributed by atoms with Crippen LogP contribution in [-0.2, 0) is 32.3 Å². The van der Waals surface area contributed by atoms with Crippen molar-refractivity contribution in [2.45, 2.75) is 46.3 Å². The van der Waals surface area contributed by atoms with Gasteiger partial charge >= 0.3 is 0 Å². The van der Waals surface area contributed by atoms with Gasteiger partial charge in [0.25, 0.3) is 0 Å². The Labute approximate surface area is 185 Å². The van der Waals surface area contributed by atoms with E-state index in [0.717, 1.165) is 5.56 Å². The number of hydrogen-bond donors (Lipinski definition) is 1. The van der Waals surface area contributed by atoms with Gasteiger partial charge in [-0.2, -0.15) is 9.97 Å². The highest BCUT2D eigenvalue weighted by Crippen LogP contribution is 2.21. The molecule has 0 saturated heterocycles. The van der Waals surface area contributed by atoms with Gasteiger partial charge in [-0.15, -0.1) is 0 Å². The van der Waals surface area contributed by atoms with Crippen molar-refractivity contribution in [2.24, 2.45) is 0 Å². The molecule has 166 valence electrons. The minimum absolute atomic E-state index is 0.0918. The second-order valence-electron chi connectivity index (χ2n) is 7.21. The highest BCUT2D eigenvalue weighted by Gasteiger charge is 2.15. The lowest BCUT2D eigenvalue weighted by Gasteiger charge is -2.20. The van der Waals surface area contributed by atoms with E-state index in [0.29, 0.717) is 31.0 Å². The van der Waals surface area contributed by atoms with Crippen molar-refractivity contribution in [3.8, 4) is 0 Å². The van der Waals surface area contributed by atoms with Gasteiger partial charge < -0.3 is 18.8 Å². The van der Waals surface area contributed by atoms with E-state index < -0.39 is 0 Å². The third-order valence-electron chi connectivity index (χ3n) is 4.20. The summed E-state index contributed by atoms with van der Waals surface area (Å²) in [5, 5.41) is 2.67. The standard InChI is InChI=1S/C21H26ClN5O4/c1-14(2)30-11-17(31-9-16-7-5-4-6-8-16)10-29-13-27-12-23-20-18(27)19(22)25-21(26-20)24-15(3)28/h4-8,12,14,17H,9-11,13H2,1-3H3,(H,24,25,26,28). The van der Waals surface area contributed by atoms with Gasteiger partial charge in [-0.25, -0.2) is 4.98 Å². The van der Waals surface area contributed by atoms with Crippen LogP contribution in [0.15, 0.2) is 36.7 Å². The Morgan fingerprint density at radius 3 is 2.65 bits per heavy atom. The summed E-state index contributed by atoms with van der Waals surface area (Å²) in [6, 6.07) is 9.94. The number of rotatable bonds is 11. The first-order valence-electron chi connectivity index (χ1n) is 9.93. The molecule has 31 heavy (non-hydrogen) atoms. The average Bonchev–Trinajstić information content (AvgIpc) is 3.13. The molecule has 2 heterocycles. The normalized spacial score (nSPS) is 12.4. The molecule has 3 aromatic rings. The van der Waals surface area contributed by atoms with Crippen LogP contribution >= 0.6 is 11.6 Å². The summed E-state index contributed by atoms with van der Waals surface area (Å²) in [6.45, 7) is 6.71. The van der Waals surface area contributed by atoms with E-state index in [9.17, 15) is 4.79 Å². The molecule has 0 aliphatic heterocycles. The van der Waals surface area contributed by atoms with Crippen LogP contribution in [0.2, 0.25) is 5.15 Å². The van der Waals surface area contributed by atoms with Crippen molar-refractivity contribution in [3.63, 3.8) is 0 Å². The molecule has 0 bridgehead atoms. The summed E-state index contributed by atoms with van der Waals surface area (Å²) in [5.41, 5.74) is 1.97. The van der Waals surface area contributed by atoms with Crippen LogP contribution in [0.4, 0.5) is 5.95 Å². The fraction of sp³-hybridized carbons (Fsp3) is 0.429. The van der Waals surface area contributed by atoms with Crippen LogP contribution in [0.5, 0.6) is 0 Å². The zero-order chi connectivity index (χ0) is 22.2. The van der Waals surface area contributed by atoms with Crippen molar-refractivity contribution < 1.29 is 19.0 Å². The van der Waals surface area contributed by atoms with E-state index in [2.05, 4.69) is 20.3 Å². The molecule has 1 unspecified atom stereocenters. The Kier molecular flexibility index (Phi) is 8.30. The van der Waals surface area contributed by atoms with Crippen molar-refractivity contribution in [1.82, 2.24) is 19.5 Å². The summed E-state index contributed by atoms with van der Waals surface area (Å²) in [7, 11) is 0. The third kappa shape index (κ3) is 6.96. The predicted molar refractivity (Wildman–Crippen MR) is 117 cm³/mol. The number of halogens is 1. The number of fused-ring (bicyclic) bond motifs is 1. The van der Waals surface area contributed by atoms with Gasteiger partial charge in [0.05, 0.1) is 32.3 Å². The first-order chi connectivity index (χ1) is 14.9. The zero-order valence-electron chi connectivity index (χ0n) is 17.7. The Hall–Kier alpha value is -2.59. The van der Waals surface area contributed by atoms with E-state index in [-0.39, 0.29) is 35.9 Å². The molecule has 3 rings (SSSR count). The fourth-order valence-electron chi connectivity index (χ4n) is 2.76. The number of benzene rings is 1. The largest absolute Gasteiger partial charge is 0.376 e. The van der Waals surface area contributed by atoms with Crippen molar-refractivity contribution in [1.29, 1.82) is 0 Å². The highest BCUT2D eigenvalue weighted by molar-refractivity contribution is 6.33. The lowest BCUT2D eigenvalue weighted by atomic mass is 10.2. The minimum atomic E-state index is -0.289. The number of aromatic nitrogens is 4. The van der Waals surface area contributed by atoms with Gasteiger partial charge in [-0.3, -0.25) is 10.1 Å². The highest BCUT2D eigenvalue weighted by atomic mass is 35.5. The molecular formula is C21H26ClN5O4. The number of nitrogens with one attached hydrogen (secondary N) is 1. The van der Waals surface area contributed by atoms with Crippen LogP contribution in [0.1, 0.15) is 26.3 Å². The number of imidazole rings is 1. The first kappa shape index (κ1) is 23.1. The van der Waals surface area contributed by atoms with Crippen LogP contribution in [0.25, 0.3) is 11.2 Å². The molecule has 1 N–H and O–H groups in total. The first-order valence-corrected chi connectivity index (χ1v) is 10.3. The molecule has 1 amide bonds. The molecule has 0 fully saturated rings. The summed E-state index contributed by atoms with van der Waals surface area (Å²) >= 11 is 6.27. The third-order valence-corrected chi connectivity index (χ3v) is 4.46. The Bertz CT molecular complexity index is 996. The summed E-state index contributed by atoms with van der Waals surface area (Å²) in [4.78, 5) is 23.7. The van der Waals surface area contributed by atoms with Crippen LogP contribution in [-0.4, -0.2) is 50.8 Å². The lowest BCUT2D eigenvalue weighted by Crippen LogP contribution is -2.27. The number of amides is 1. The Morgan fingerprint density at radius 2 is 1.94 bits per heavy atom. The maximum absolute atomic E-state index is 11.2. The van der Waals surface area contributed by atoms with Gasteiger partial charge in [-0.05, 0) is 19.4 Å². The zero-order valence-corrected chi connectivity index (χ0v) is 18.5. The van der Waals surface area contributed by atoms with E-state index in [1.807, 2.05) is 44.2 Å². The average molecular weight is 448 g/mol. The van der Waals surface area contributed by atoms with Gasteiger partial charge in [0.1, 0.15) is 18.4 Å². The quantitative estimate of drug-likeness (QED) is 0.449. The van der Waals surface area contributed by atoms with Gasteiger partial charge in [0.2, 0.25) is 11.9 Å². The molecule has 9 nitrogen and oxygen atoms in total. The number of anilines is 1. The smallest absolute Gasteiger partial charge is 0.233 e. The molecule has 2 aromatic heterocycles. The Morgan fingerprint density at radius 1 is 1.16 bits per heavy atom. The van der Waals surface area contributed by atoms with E-state index in [4.69, 9.17) is 25.8 Å². The molecule has 1 aromatic carbocycles. The number of carbonyl (C=O) groups excluding carboxylic acids is 1.